The van der Waals surface area contributed by atoms with E-state index in [1.54, 1.807) is 4.88 Å². The summed E-state index contributed by atoms with van der Waals surface area (Å²) in [7, 11) is 0. The molecular formula is C18H32N2S. The predicted octanol–water partition coefficient (Wildman–Crippen LogP) is 4.69. The maximum atomic E-state index is 3.79. The second kappa shape index (κ2) is 7.26. The number of thiophene rings is 1. The smallest absolute Gasteiger partial charge is 0.0445 e. The van der Waals surface area contributed by atoms with Gasteiger partial charge in [-0.2, -0.15) is 0 Å². The van der Waals surface area contributed by atoms with Crippen molar-refractivity contribution in [3.05, 3.63) is 22.4 Å². The maximum absolute atomic E-state index is 3.79. The largest absolute Gasteiger partial charge is 0.311 e. The van der Waals surface area contributed by atoms with Gasteiger partial charge in [-0.05, 0) is 29.7 Å². The second-order valence-corrected chi connectivity index (χ2v) is 8.38. The maximum Gasteiger partial charge on any atom is 0.0445 e. The second-order valence-electron chi connectivity index (χ2n) is 7.41. The molecule has 0 amide bonds. The molecule has 3 atom stereocenters. The molecule has 0 spiro atoms. The van der Waals surface area contributed by atoms with Gasteiger partial charge in [-0.15, -0.1) is 11.3 Å². The lowest BCUT2D eigenvalue weighted by Gasteiger charge is -2.48. The molecule has 1 N–H and O–H groups in total. The molecule has 1 saturated heterocycles. The Morgan fingerprint density at radius 3 is 2.67 bits per heavy atom. The molecule has 1 aromatic heterocycles. The SMILES string of the molecule is CCCC(c1cccs1)N1CC(C(C)(C)C)NCC1CC. The Labute approximate surface area is 134 Å². The van der Waals surface area contributed by atoms with E-state index in [0.717, 1.165) is 6.54 Å². The highest BCUT2D eigenvalue weighted by Crippen LogP contribution is 2.35. The monoisotopic (exact) mass is 308 g/mol. The molecule has 21 heavy (non-hydrogen) atoms. The van der Waals surface area contributed by atoms with Crippen LogP contribution < -0.4 is 5.32 Å². The van der Waals surface area contributed by atoms with Gasteiger partial charge in [0.25, 0.3) is 0 Å². The molecule has 1 fully saturated rings. The molecule has 120 valence electrons. The van der Waals surface area contributed by atoms with Crippen LogP contribution in [0.1, 0.15) is 64.8 Å². The van der Waals surface area contributed by atoms with Crippen LogP contribution in [0.3, 0.4) is 0 Å². The van der Waals surface area contributed by atoms with Crippen molar-refractivity contribution in [2.24, 2.45) is 5.41 Å². The first-order valence-corrected chi connectivity index (χ1v) is 9.37. The molecule has 1 aliphatic heterocycles. The minimum Gasteiger partial charge on any atom is -0.311 e. The van der Waals surface area contributed by atoms with E-state index < -0.39 is 0 Å². The van der Waals surface area contributed by atoms with E-state index in [0.29, 0.717) is 23.5 Å². The summed E-state index contributed by atoms with van der Waals surface area (Å²) in [6, 6.07) is 6.38. The highest BCUT2D eigenvalue weighted by Gasteiger charge is 2.36. The lowest BCUT2D eigenvalue weighted by atomic mass is 9.83. The third-order valence-corrected chi connectivity index (χ3v) is 5.79. The van der Waals surface area contributed by atoms with Crippen LogP contribution in [0, 0.1) is 5.41 Å². The summed E-state index contributed by atoms with van der Waals surface area (Å²) in [4.78, 5) is 4.34. The minimum absolute atomic E-state index is 0.323. The van der Waals surface area contributed by atoms with Gasteiger partial charge in [0.1, 0.15) is 0 Å². The Balaban J connectivity index is 2.21. The number of rotatable bonds is 5. The summed E-state index contributed by atoms with van der Waals surface area (Å²) in [5, 5.41) is 6.02. The summed E-state index contributed by atoms with van der Waals surface area (Å²) < 4.78 is 0. The Morgan fingerprint density at radius 1 is 1.38 bits per heavy atom. The molecule has 2 rings (SSSR count). The van der Waals surface area contributed by atoms with E-state index in [9.17, 15) is 0 Å². The summed E-state index contributed by atoms with van der Waals surface area (Å²) in [6.07, 6.45) is 3.76. The van der Waals surface area contributed by atoms with Crippen molar-refractivity contribution in [2.45, 2.75) is 72.0 Å². The predicted molar refractivity (Wildman–Crippen MR) is 94.0 cm³/mol. The third-order valence-electron chi connectivity index (χ3n) is 4.81. The van der Waals surface area contributed by atoms with Crippen LogP contribution in [0.25, 0.3) is 0 Å². The molecule has 3 heteroatoms. The molecule has 0 saturated carbocycles. The fraction of sp³-hybridized carbons (Fsp3) is 0.778. The normalized spacial score (nSPS) is 26.0. The zero-order valence-electron chi connectivity index (χ0n) is 14.4. The van der Waals surface area contributed by atoms with E-state index in [2.05, 4.69) is 62.3 Å². The van der Waals surface area contributed by atoms with Crippen molar-refractivity contribution in [1.82, 2.24) is 10.2 Å². The van der Waals surface area contributed by atoms with Crippen LogP contribution in [0.2, 0.25) is 0 Å². The Hall–Kier alpha value is -0.380. The van der Waals surface area contributed by atoms with Crippen LogP contribution in [0.5, 0.6) is 0 Å². The number of piperazine rings is 1. The van der Waals surface area contributed by atoms with Crippen LogP contribution in [0.15, 0.2) is 17.5 Å². The lowest BCUT2D eigenvalue weighted by Crippen LogP contribution is -2.60. The standard InChI is InChI=1S/C18H32N2S/c1-6-9-15(16-10-8-11-21-16)20-13-17(18(3,4)5)19-12-14(20)7-2/h8,10-11,14-15,17,19H,6-7,9,12-13H2,1-5H3. The molecule has 0 radical (unpaired) electrons. The van der Waals surface area contributed by atoms with E-state index in [1.807, 2.05) is 11.3 Å². The van der Waals surface area contributed by atoms with Gasteiger partial charge in [-0.25, -0.2) is 0 Å². The summed E-state index contributed by atoms with van der Waals surface area (Å²) in [6.45, 7) is 14.0. The molecule has 3 unspecified atom stereocenters. The van der Waals surface area contributed by atoms with Crippen molar-refractivity contribution in [3.8, 4) is 0 Å². The zero-order chi connectivity index (χ0) is 15.5. The quantitative estimate of drug-likeness (QED) is 0.849. The van der Waals surface area contributed by atoms with Crippen LogP contribution in [-0.2, 0) is 0 Å². The summed E-state index contributed by atoms with van der Waals surface area (Å²) in [5.74, 6) is 0. The fourth-order valence-corrected chi connectivity index (χ4v) is 4.27. The van der Waals surface area contributed by atoms with Crippen molar-refractivity contribution in [3.63, 3.8) is 0 Å². The lowest BCUT2D eigenvalue weighted by molar-refractivity contribution is 0.0445. The van der Waals surface area contributed by atoms with Crippen molar-refractivity contribution in [2.75, 3.05) is 13.1 Å². The van der Waals surface area contributed by atoms with Gasteiger partial charge in [0.2, 0.25) is 0 Å². The molecule has 2 heterocycles. The molecule has 0 bridgehead atoms. The molecule has 0 aliphatic carbocycles. The van der Waals surface area contributed by atoms with Crippen LogP contribution in [0.4, 0.5) is 0 Å². The first-order chi connectivity index (χ1) is 9.97. The molecule has 0 aromatic carbocycles. The van der Waals surface area contributed by atoms with E-state index in [1.165, 1.54) is 25.8 Å². The van der Waals surface area contributed by atoms with E-state index >= 15 is 0 Å². The van der Waals surface area contributed by atoms with Crippen molar-refractivity contribution in [1.29, 1.82) is 0 Å². The molecule has 1 aromatic rings. The number of hydrogen-bond donors (Lipinski definition) is 1. The van der Waals surface area contributed by atoms with Gasteiger partial charge in [0.15, 0.2) is 0 Å². The number of hydrogen-bond acceptors (Lipinski definition) is 3. The Kier molecular flexibility index (Phi) is 5.87. The van der Waals surface area contributed by atoms with E-state index in [-0.39, 0.29) is 0 Å². The van der Waals surface area contributed by atoms with E-state index in [4.69, 9.17) is 0 Å². The topological polar surface area (TPSA) is 15.3 Å². The van der Waals surface area contributed by atoms with Crippen molar-refractivity contribution < 1.29 is 0 Å². The highest BCUT2D eigenvalue weighted by atomic mass is 32.1. The number of nitrogens with one attached hydrogen (secondary N) is 1. The average molecular weight is 309 g/mol. The molecule has 1 aliphatic rings. The molecular weight excluding hydrogens is 276 g/mol. The van der Waals surface area contributed by atoms with Gasteiger partial charge >= 0.3 is 0 Å². The van der Waals surface area contributed by atoms with Gasteiger partial charge in [-0.3, -0.25) is 4.90 Å². The Bertz CT molecular complexity index is 407. The first kappa shape index (κ1) is 17.0. The first-order valence-electron chi connectivity index (χ1n) is 8.49. The van der Waals surface area contributed by atoms with Gasteiger partial charge in [0.05, 0.1) is 0 Å². The van der Waals surface area contributed by atoms with Gasteiger partial charge in [0, 0.05) is 36.1 Å². The van der Waals surface area contributed by atoms with Gasteiger partial charge < -0.3 is 5.32 Å². The Morgan fingerprint density at radius 2 is 2.14 bits per heavy atom. The fourth-order valence-electron chi connectivity index (χ4n) is 3.39. The minimum atomic E-state index is 0.323. The molecule has 2 nitrogen and oxygen atoms in total. The summed E-state index contributed by atoms with van der Waals surface area (Å²) in [5.41, 5.74) is 0.323. The average Bonchev–Trinajstić information content (AvgIpc) is 2.97. The van der Waals surface area contributed by atoms with Crippen LogP contribution >= 0.6 is 11.3 Å². The summed E-state index contributed by atoms with van der Waals surface area (Å²) >= 11 is 1.92. The zero-order valence-corrected chi connectivity index (χ0v) is 15.2. The number of nitrogens with zero attached hydrogens (tertiary/aromatic N) is 1. The van der Waals surface area contributed by atoms with Crippen molar-refractivity contribution >= 4 is 11.3 Å². The van der Waals surface area contributed by atoms with Gasteiger partial charge in [-0.1, -0.05) is 47.1 Å². The van der Waals surface area contributed by atoms with Crippen LogP contribution in [-0.4, -0.2) is 30.1 Å². The highest BCUT2D eigenvalue weighted by molar-refractivity contribution is 7.10. The third kappa shape index (κ3) is 4.08.